The smallest absolute Gasteiger partial charge is 0.341 e. The SMILES string of the molecule is CCOC(=O)c1ccc(NC(=O)c2ccc(COc3ccc(Cl)cc3Cl)o2)cc1O. The molecule has 0 unspecified atom stereocenters. The topological polar surface area (TPSA) is 98.0 Å². The highest BCUT2D eigenvalue weighted by Crippen LogP contribution is 2.28. The summed E-state index contributed by atoms with van der Waals surface area (Å²) in [6.07, 6.45) is 0. The Kier molecular flexibility index (Phi) is 6.87. The van der Waals surface area contributed by atoms with Crippen LogP contribution in [0.15, 0.2) is 52.9 Å². The van der Waals surface area contributed by atoms with Crippen molar-refractivity contribution < 1.29 is 28.6 Å². The molecule has 3 rings (SSSR count). The second-order valence-electron chi connectivity index (χ2n) is 6.04. The highest BCUT2D eigenvalue weighted by atomic mass is 35.5. The van der Waals surface area contributed by atoms with Gasteiger partial charge in [0.1, 0.15) is 29.4 Å². The number of benzene rings is 2. The van der Waals surface area contributed by atoms with Crippen molar-refractivity contribution in [2.45, 2.75) is 13.5 Å². The minimum Gasteiger partial charge on any atom is -0.507 e. The molecule has 1 aromatic heterocycles. The van der Waals surface area contributed by atoms with E-state index < -0.39 is 11.9 Å². The average molecular weight is 450 g/mol. The highest BCUT2D eigenvalue weighted by Gasteiger charge is 2.16. The van der Waals surface area contributed by atoms with Crippen LogP contribution in [0.25, 0.3) is 0 Å². The molecule has 1 heterocycles. The minimum absolute atomic E-state index is 0.00754. The van der Waals surface area contributed by atoms with Gasteiger partial charge in [0.05, 0.1) is 11.6 Å². The Balaban J connectivity index is 1.62. The Morgan fingerprint density at radius 3 is 2.60 bits per heavy atom. The third-order valence-corrected chi connectivity index (χ3v) is 4.43. The normalized spacial score (nSPS) is 10.5. The van der Waals surface area contributed by atoms with Gasteiger partial charge in [0, 0.05) is 16.8 Å². The quantitative estimate of drug-likeness (QED) is 0.474. The first-order valence-corrected chi connectivity index (χ1v) is 9.61. The highest BCUT2D eigenvalue weighted by molar-refractivity contribution is 6.35. The summed E-state index contributed by atoms with van der Waals surface area (Å²) in [5.74, 6) is -0.602. The van der Waals surface area contributed by atoms with Gasteiger partial charge in [-0.25, -0.2) is 4.79 Å². The predicted octanol–water partition coefficient (Wildman–Crippen LogP) is 5.30. The van der Waals surface area contributed by atoms with Gasteiger partial charge in [-0.2, -0.15) is 0 Å². The van der Waals surface area contributed by atoms with E-state index >= 15 is 0 Å². The zero-order chi connectivity index (χ0) is 21.7. The molecule has 2 N–H and O–H groups in total. The number of amides is 1. The fourth-order valence-corrected chi connectivity index (χ4v) is 2.97. The van der Waals surface area contributed by atoms with Crippen LogP contribution < -0.4 is 10.1 Å². The van der Waals surface area contributed by atoms with Crippen molar-refractivity contribution in [1.82, 2.24) is 0 Å². The van der Waals surface area contributed by atoms with Gasteiger partial charge >= 0.3 is 5.97 Å². The van der Waals surface area contributed by atoms with Crippen molar-refractivity contribution >= 4 is 40.8 Å². The van der Waals surface area contributed by atoms with Crippen LogP contribution in [0, 0.1) is 0 Å². The molecule has 0 bridgehead atoms. The van der Waals surface area contributed by atoms with E-state index in [1.54, 1.807) is 31.2 Å². The van der Waals surface area contributed by atoms with E-state index in [0.29, 0.717) is 21.6 Å². The van der Waals surface area contributed by atoms with Crippen LogP contribution in [0.2, 0.25) is 10.0 Å². The summed E-state index contributed by atoms with van der Waals surface area (Å²) in [4.78, 5) is 24.1. The Morgan fingerprint density at radius 1 is 1.10 bits per heavy atom. The number of rotatable bonds is 7. The maximum atomic E-state index is 12.4. The molecule has 0 aliphatic carbocycles. The number of carbonyl (C=O) groups is 2. The molecule has 156 valence electrons. The lowest BCUT2D eigenvalue weighted by atomic mass is 10.2. The molecule has 0 atom stereocenters. The van der Waals surface area contributed by atoms with Gasteiger partial charge in [0.2, 0.25) is 0 Å². The largest absolute Gasteiger partial charge is 0.507 e. The van der Waals surface area contributed by atoms with Gasteiger partial charge in [0.15, 0.2) is 5.76 Å². The fraction of sp³-hybridized carbons (Fsp3) is 0.143. The maximum absolute atomic E-state index is 12.4. The summed E-state index contributed by atoms with van der Waals surface area (Å²) in [6, 6.07) is 12.0. The number of nitrogens with one attached hydrogen (secondary N) is 1. The second-order valence-corrected chi connectivity index (χ2v) is 6.88. The molecule has 2 aromatic carbocycles. The lowest BCUT2D eigenvalue weighted by molar-refractivity contribution is 0.0523. The molecule has 0 fully saturated rings. The number of ether oxygens (including phenoxy) is 2. The molecule has 0 spiro atoms. The number of anilines is 1. The van der Waals surface area contributed by atoms with Crippen LogP contribution in [0.4, 0.5) is 5.69 Å². The molecule has 0 saturated carbocycles. The predicted molar refractivity (Wildman–Crippen MR) is 112 cm³/mol. The van der Waals surface area contributed by atoms with E-state index in [0.717, 1.165) is 0 Å². The van der Waals surface area contributed by atoms with Gasteiger partial charge in [-0.1, -0.05) is 23.2 Å². The molecule has 0 aliphatic rings. The first kappa shape index (κ1) is 21.5. The number of halogens is 2. The summed E-state index contributed by atoms with van der Waals surface area (Å²) < 4.78 is 15.9. The van der Waals surface area contributed by atoms with E-state index in [1.807, 2.05) is 0 Å². The molecular formula is C21H17Cl2NO6. The van der Waals surface area contributed by atoms with Crippen LogP contribution in [-0.2, 0) is 11.3 Å². The molecule has 0 saturated heterocycles. The number of hydrogen-bond donors (Lipinski definition) is 2. The zero-order valence-electron chi connectivity index (χ0n) is 15.8. The van der Waals surface area contributed by atoms with E-state index in [2.05, 4.69) is 5.32 Å². The first-order valence-electron chi connectivity index (χ1n) is 8.85. The number of hydrogen-bond acceptors (Lipinski definition) is 6. The average Bonchev–Trinajstić information content (AvgIpc) is 3.17. The molecule has 9 heteroatoms. The third-order valence-electron chi connectivity index (χ3n) is 3.90. The number of phenolic OH excluding ortho intramolecular Hbond substituents is 1. The molecule has 3 aromatic rings. The van der Waals surface area contributed by atoms with Gasteiger partial charge in [-0.15, -0.1) is 0 Å². The molecule has 7 nitrogen and oxygen atoms in total. The van der Waals surface area contributed by atoms with Crippen molar-refractivity contribution in [3.8, 4) is 11.5 Å². The van der Waals surface area contributed by atoms with Crippen molar-refractivity contribution in [3.05, 3.63) is 75.7 Å². The lowest BCUT2D eigenvalue weighted by Gasteiger charge is -2.08. The molecular weight excluding hydrogens is 433 g/mol. The standard InChI is InChI=1S/C21H17Cl2NO6/c1-2-28-21(27)15-6-4-13(10-17(15)25)24-20(26)19-8-5-14(30-19)11-29-18-7-3-12(22)9-16(18)23/h3-10,25H,2,11H2,1H3,(H,24,26). The second kappa shape index (κ2) is 9.56. The van der Waals surface area contributed by atoms with Crippen LogP contribution in [0.5, 0.6) is 11.5 Å². The summed E-state index contributed by atoms with van der Waals surface area (Å²) >= 11 is 11.9. The third kappa shape index (κ3) is 5.25. The molecule has 30 heavy (non-hydrogen) atoms. The van der Waals surface area contributed by atoms with E-state index in [-0.39, 0.29) is 36.0 Å². The molecule has 0 radical (unpaired) electrons. The summed E-state index contributed by atoms with van der Waals surface area (Å²) in [5.41, 5.74) is 0.292. The fourth-order valence-electron chi connectivity index (χ4n) is 2.50. The number of furan rings is 1. The minimum atomic E-state index is -0.649. The van der Waals surface area contributed by atoms with Crippen LogP contribution >= 0.6 is 23.2 Å². The van der Waals surface area contributed by atoms with Gasteiger partial charge in [-0.3, -0.25) is 4.79 Å². The van der Waals surface area contributed by atoms with Crippen molar-refractivity contribution in [1.29, 1.82) is 0 Å². The van der Waals surface area contributed by atoms with E-state index in [9.17, 15) is 14.7 Å². The Morgan fingerprint density at radius 2 is 1.90 bits per heavy atom. The van der Waals surface area contributed by atoms with Crippen molar-refractivity contribution in [3.63, 3.8) is 0 Å². The maximum Gasteiger partial charge on any atom is 0.341 e. The van der Waals surface area contributed by atoms with Crippen LogP contribution in [-0.4, -0.2) is 23.6 Å². The molecule has 1 amide bonds. The summed E-state index contributed by atoms with van der Waals surface area (Å²) in [5, 5.41) is 13.4. The summed E-state index contributed by atoms with van der Waals surface area (Å²) in [7, 11) is 0. The Hall–Kier alpha value is -3.16. The van der Waals surface area contributed by atoms with E-state index in [1.165, 1.54) is 24.3 Å². The van der Waals surface area contributed by atoms with Crippen molar-refractivity contribution in [2.75, 3.05) is 11.9 Å². The van der Waals surface area contributed by atoms with E-state index in [4.69, 9.17) is 37.1 Å². The van der Waals surface area contributed by atoms with Gasteiger partial charge in [-0.05, 0) is 49.4 Å². The first-order chi connectivity index (χ1) is 14.4. The number of phenols is 1. The number of carbonyl (C=O) groups excluding carboxylic acids is 2. The lowest BCUT2D eigenvalue weighted by Crippen LogP contribution is -2.11. The monoisotopic (exact) mass is 449 g/mol. The number of aromatic hydroxyl groups is 1. The van der Waals surface area contributed by atoms with Crippen LogP contribution in [0.1, 0.15) is 33.6 Å². The Labute approximate surface area is 182 Å². The zero-order valence-corrected chi connectivity index (χ0v) is 17.3. The van der Waals surface area contributed by atoms with Gasteiger partial charge in [0.25, 0.3) is 5.91 Å². The van der Waals surface area contributed by atoms with Gasteiger partial charge < -0.3 is 24.3 Å². The van der Waals surface area contributed by atoms with Crippen LogP contribution in [0.3, 0.4) is 0 Å². The Bertz CT molecular complexity index is 1080. The molecule has 0 aliphatic heterocycles. The number of esters is 1. The summed E-state index contributed by atoms with van der Waals surface area (Å²) in [6.45, 7) is 1.91. The van der Waals surface area contributed by atoms with Crippen molar-refractivity contribution in [2.24, 2.45) is 0 Å².